The van der Waals surface area contributed by atoms with Gasteiger partial charge in [-0.2, -0.15) is 5.26 Å². The predicted molar refractivity (Wildman–Crippen MR) is 47.3 cm³/mol. The summed E-state index contributed by atoms with van der Waals surface area (Å²) < 4.78 is 5.07. The summed E-state index contributed by atoms with van der Waals surface area (Å²) in [7, 11) is 1.43. The number of methoxy groups -OCH3 is 1. The van der Waals surface area contributed by atoms with E-state index in [2.05, 4.69) is 0 Å². The average molecular weight is 180 g/mol. The Labute approximate surface area is 76.9 Å². The zero-order valence-electron chi connectivity index (χ0n) is 7.40. The molecular weight excluding hydrogens is 168 g/mol. The first-order chi connectivity index (χ1) is 6.20. The summed E-state index contributed by atoms with van der Waals surface area (Å²) in [4.78, 5) is 0. The third-order valence-corrected chi connectivity index (χ3v) is 2.25. The van der Waals surface area contributed by atoms with Gasteiger partial charge in [0, 0.05) is 12.8 Å². The van der Waals surface area contributed by atoms with Gasteiger partial charge in [-0.25, -0.2) is 0 Å². The third-order valence-electron chi connectivity index (χ3n) is 2.25. The molecule has 1 aliphatic carbocycles. The van der Waals surface area contributed by atoms with Gasteiger partial charge in [-0.05, 0) is 12.2 Å². The summed E-state index contributed by atoms with van der Waals surface area (Å²) in [6, 6.07) is 2.01. The molecule has 0 aromatic carbocycles. The Bertz CT molecular complexity index is 290. The van der Waals surface area contributed by atoms with E-state index in [-0.39, 0.29) is 6.61 Å². The lowest BCUT2D eigenvalue weighted by molar-refractivity contribution is 0.0180. The molecule has 0 radical (unpaired) electrons. The highest BCUT2D eigenvalue weighted by molar-refractivity contribution is 5.33. The minimum atomic E-state index is -1.12. The molecule has 0 aromatic rings. The van der Waals surface area contributed by atoms with Gasteiger partial charge in [0.15, 0.2) is 5.60 Å². The largest absolute Gasteiger partial charge is 0.402 e. The standard InChI is InChI=1S/C9H12N2O2/c1-13-9(6-10)4-2-3-8(11)7(9)5-12/h2-4,7,12H,5,11H2,1H3. The summed E-state index contributed by atoms with van der Waals surface area (Å²) in [6.07, 6.45) is 4.92. The lowest BCUT2D eigenvalue weighted by Gasteiger charge is -2.32. The van der Waals surface area contributed by atoms with E-state index < -0.39 is 11.5 Å². The molecule has 0 spiro atoms. The van der Waals surface area contributed by atoms with Crippen LogP contribution in [0.3, 0.4) is 0 Å². The Balaban J connectivity index is 3.06. The van der Waals surface area contributed by atoms with E-state index in [0.29, 0.717) is 5.70 Å². The van der Waals surface area contributed by atoms with Gasteiger partial charge in [0.1, 0.15) is 6.07 Å². The highest BCUT2D eigenvalue weighted by Gasteiger charge is 2.39. The summed E-state index contributed by atoms with van der Waals surface area (Å²) in [5.74, 6) is -0.479. The molecule has 0 bridgehead atoms. The van der Waals surface area contributed by atoms with E-state index in [4.69, 9.17) is 20.8 Å². The Morgan fingerprint density at radius 1 is 1.85 bits per heavy atom. The van der Waals surface area contributed by atoms with E-state index in [9.17, 15) is 0 Å². The molecule has 13 heavy (non-hydrogen) atoms. The SMILES string of the molecule is COC1(C#N)C=CC=C(N)C1CO. The molecule has 1 rings (SSSR count). The molecule has 0 aromatic heterocycles. The Hall–Kier alpha value is -1.31. The van der Waals surface area contributed by atoms with Crippen LogP contribution in [-0.4, -0.2) is 24.4 Å². The summed E-state index contributed by atoms with van der Waals surface area (Å²) in [5, 5.41) is 18.0. The van der Waals surface area contributed by atoms with Crippen molar-refractivity contribution in [3.8, 4) is 6.07 Å². The molecule has 70 valence electrons. The van der Waals surface area contributed by atoms with Crippen molar-refractivity contribution in [3.63, 3.8) is 0 Å². The van der Waals surface area contributed by atoms with Crippen LogP contribution in [0.1, 0.15) is 0 Å². The molecular formula is C9H12N2O2. The highest BCUT2D eigenvalue weighted by atomic mass is 16.5. The van der Waals surface area contributed by atoms with Crippen molar-refractivity contribution in [1.29, 1.82) is 5.26 Å². The van der Waals surface area contributed by atoms with Crippen LogP contribution in [0.25, 0.3) is 0 Å². The molecule has 0 saturated heterocycles. The monoisotopic (exact) mass is 180 g/mol. The lowest BCUT2D eigenvalue weighted by Crippen LogP contribution is -2.43. The first-order valence-electron chi connectivity index (χ1n) is 3.92. The van der Waals surface area contributed by atoms with E-state index in [1.807, 2.05) is 6.07 Å². The minimum absolute atomic E-state index is 0.200. The van der Waals surface area contributed by atoms with Crippen molar-refractivity contribution in [2.75, 3.05) is 13.7 Å². The van der Waals surface area contributed by atoms with Crippen molar-refractivity contribution in [2.45, 2.75) is 5.60 Å². The molecule has 2 unspecified atom stereocenters. The van der Waals surface area contributed by atoms with Crippen LogP contribution in [-0.2, 0) is 4.74 Å². The van der Waals surface area contributed by atoms with Gasteiger partial charge in [0.2, 0.25) is 0 Å². The number of allylic oxidation sites excluding steroid dienone is 2. The van der Waals surface area contributed by atoms with Crippen LogP contribution in [0.4, 0.5) is 0 Å². The zero-order valence-corrected chi connectivity index (χ0v) is 7.40. The van der Waals surface area contributed by atoms with Crippen LogP contribution < -0.4 is 5.73 Å². The number of hydrogen-bond donors (Lipinski definition) is 2. The van der Waals surface area contributed by atoms with Crippen LogP contribution in [0.2, 0.25) is 0 Å². The maximum Gasteiger partial charge on any atom is 0.183 e. The number of rotatable bonds is 2. The molecule has 0 heterocycles. The minimum Gasteiger partial charge on any atom is -0.402 e. The number of nitrogens with zero attached hydrogens (tertiary/aromatic N) is 1. The summed E-state index contributed by atoms with van der Waals surface area (Å²) >= 11 is 0. The fraction of sp³-hybridized carbons (Fsp3) is 0.444. The average Bonchev–Trinajstić information content (AvgIpc) is 2.17. The Morgan fingerprint density at radius 3 is 2.92 bits per heavy atom. The van der Waals surface area contributed by atoms with E-state index in [1.165, 1.54) is 7.11 Å². The number of aliphatic hydroxyl groups is 1. The molecule has 2 atom stereocenters. The molecule has 0 aliphatic heterocycles. The number of hydrogen-bond acceptors (Lipinski definition) is 4. The predicted octanol–water partition coefficient (Wildman–Crippen LogP) is -0.0839. The van der Waals surface area contributed by atoms with Gasteiger partial charge in [-0.3, -0.25) is 0 Å². The van der Waals surface area contributed by atoms with Crippen molar-refractivity contribution < 1.29 is 9.84 Å². The first kappa shape index (κ1) is 9.78. The number of nitrogens with two attached hydrogens (primary N) is 1. The van der Waals surface area contributed by atoms with Gasteiger partial charge in [0.05, 0.1) is 12.5 Å². The molecule has 0 saturated carbocycles. The second-order valence-electron chi connectivity index (χ2n) is 2.87. The van der Waals surface area contributed by atoms with Crippen molar-refractivity contribution in [3.05, 3.63) is 23.9 Å². The molecule has 1 aliphatic rings. The Kier molecular flexibility index (Phi) is 2.71. The van der Waals surface area contributed by atoms with E-state index in [0.717, 1.165) is 0 Å². The fourth-order valence-electron chi connectivity index (χ4n) is 1.39. The van der Waals surface area contributed by atoms with E-state index in [1.54, 1.807) is 18.2 Å². The summed E-state index contributed by atoms with van der Waals surface area (Å²) in [5.41, 5.74) is 4.98. The molecule has 4 nitrogen and oxygen atoms in total. The number of aliphatic hydroxyl groups excluding tert-OH is 1. The Morgan fingerprint density at radius 2 is 2.54 bits per heavy atom. The van der Waals surface area contributed by atoms with Gasteiger partial charge < -0.3 is 15.6 Å². The summed E-state index contributed by atoms with van der Waals surface area (Å²) in [6.45, 7) is -0.200. The van der Waals surface area contributed by atoms with Crippen LogP contribution >= 0.6 is 0 Å². The fourth-order valence-corrected chi connectivity index (χ4v) is 1.39. The van der Waals surface area contributed by atoms with Crippen molar-refractivity contribution >= 4 is 0 Å². The van der Waals surface area contributed by atoms with Crippen LogP contribution in [0.5, 0.6) is 0 Å². The lowest BCUT2D eigenvalue weighted by atomic mass is 9.83. The molecule has 3 N–H and O–H groups in total. The maximum atomic E-state index is 9.07. The number of nitriles is 1. The van der Waals surface area contributed by atoms with Gasteiger partial charge in [0.25, 0.3) is 0 Å². The topological polar surface area (TPSA) is 79.3 Å². The van der Waals surface area contributed by atoms with Crippen LogP contribution in [0, 0.1) is 17.2 Å². The van der Waals surface area contributed by atoms with Gasteiger partial charge >= 0.3 is 0 Å². The van der Waals surface area contributed by atoms with Crippen LogP contribution in [0.15, 0.2) is 23.9 Å². The quantitative estimate of drug-likeness (QED) is 0.622. The molecule has 4 heteroatoms. The van der Waals surface area contributed by atoms with Crippen molar-refractivity contribution in [1.82, 2.24) is 0 Å². The highest BCUT2D eigenvalue weighted by Crippen LogP contribution is 2.29. The molecule has 0 fully saturated rings. The normalized spacial score (nSPS) is 32.4. The van der Waals surface area contributed by atoms with E-state index >= 15 is 0 Å². The maximum absolute atomic E-state index is 9.07. The number of ether oxygens (including phenoxy) is 1. The van der Waals surface area contributed by atoms with Gasteiger partial charge in [-0.1, -0.05) is 6.08 Å². The molecule has 0 amide bonds. The third kappa shape index (κ3) is 1.44. The van der Waals surface area contributed by atoms with Gasteiger partial charge in [-0.15, -0.1) is 0 Å². The second-order valence-corrected chi connectivity index (χ2v) is 2.87. The zero-order chi connectivity index (χ0) is 9.90. The van der Waals surface area contributed by atoms with Crippen molar-refractivity contribution in [2.24, 2.45) is 11.7 Å². The second kappa shape index (κ2) is 3.60. The smallest absolute Gasteiger partial charge is 0.183 e. The first-order valence-corrected chi connectivity index (χ1v) is 3.92.